The van der Waals surface area contributed by atoms with Crippen molar-refractivity contribution in [2.75, 3.05) is 6.54 Å². The molecule has 0 unspecified atom stereocenters. The first-order valence-corrected chi connectivity index (χ1v) is 6.49. The first-order valence-electron chi connectivity index (χ1n) is 6.49. The fraction of sp³-hybridized carbons (Fsp3) is 0.429. The van der Waals surface area contributed by atoms with Crippen LogP contribution in [0.1, 0.15) is 18.4 Å². The maximum atomic E-state index is 12.0. The molecule has 2 bridgehead atoms. The number of amides is 2. The highest BCUT2D eigenvalue weighted by molar-refractivity contribution is 5.80. The minimum Gasteiger partial charge on any atom is -0.445 e. The SMILES string of the molecule is O=C1C[C@@H]2C[C@H](CN2C(=O)OCc2ccccc2)N1. The smallest absolute Gasteiger partial charge is 0.410 e. The van der Waals surface area contributed by atoms with Crippen molar-refractivity contribution in [1.82, 2.24) is 10.2 Å². The summed E-state index contributed by atoms with van der Waals surface area (Å²) in [6.45, 7) is 0.832. The fourth-order valence-electron chi connectivity index (χ4n) is 2.74. The molecule has 2 aliphatic rings. The van der Waals surface area contributed by atoms with Gasteiger partial charge in [0, 0.05) is 25.0 Å². The third kappa shape index (κ3) is 2.54. The molecule has 0 saturated carbocycles. The summed E-state index contributed by atoms with van der Waals surface area (Å²) >= 11 is 0. The highest BCUT2D eigenvalue weighted by Crippen LogP contribution is 2.25. The minimum atomic E-state index is -0.326. The molecule has 1 aromatic rings. The highest BCUT2D eigenvalue weighted by Gasteiger charge is 2.41. The molecule has 19 heavy (non-hydrogen) atoms. The zero-order valence-electron chi connectivity index (χ0n) is 10.5. The van der Waals surface area contributed by atoms with Crippen molar-refractivity contribution in [2.24, 2.45) is 0 Å². The first-order chi connectivity index (χ1) is 9.22. The van der Waals surface area contributed by atoms with Gasteiger partial charge >= 0.3 is 6.09 Å². The molecule has 1 N–H and O–H groups in total. The first kappa shape index (κ1) is 12.0. The van der Waals surface area contributed by atoms with Crippen LogP contribution in [0.25, 0.3) is 0 Å². The number of fused-ring (bicyclic) bond motifs is 2. The number of piperidine rings is 1. The van der Waals surface area contributed by atoms with Gasteiger partial charge in [0.1, 0.15) is 6.61 Å². The lowest BCUT2D eigenvalue weighted by molar-refractivity contribution is -0.123. The summed E-state index contributed by atoms with van der Waals surface area (Å²) in [5, 5.41) is 2.88. The average Bonchev–Trinajstić information content (AvgIpc) is 2.72. The Morgan fingerprint density at radius 3 is 2.95 bits per heavy atom. The molecule has 0 aromatic heterocycles. The molecule has 100 valence electrons. The van der Waals surface area contributed by atoms with E-state index in [-0.39, 0.29) is 30.7 Å². The topological polar surface area (TPSA) is 58.6 Å². The molecular weight excluding hydrogens is 244 g/mol. The monoisotopic (exact) mass is 260 g/mol. The van der Waals surface area contributed by atoms with Gasteiger partial charge in [-0.3, -0.25) is 4.79 Å². The van der Waals surface area contributed by atoms with Crippen LogP contribution in [0.15, 0.2) is 30.3 Å². The Bertz CT molecular complexity index is 489. The number of hydrogen-bond donors (Lipinski definition) is 1. The average molecular weight is 260 g/mol. The van der Waals surface area contributed by atoms with Gasteiger partial charge in [0.05, 0.1) is 0 Å². The van der Waals surface area contributed by atoms with Gasteiger partial charge in [0.15, 0.2) is 0 Å². The van der Waals surface area contributed by atoms with Crippen molar-refractivity contribution in [3.05, 3.63) is 35.9 Å². The van der Waals surface area contributed by atoms with E-state index in [0.717, 1.165) is 12.0 Å². The molecule has 0 aliphatic carbocycles. The number of nitrogens with one attached hydrogen (secondary N) is 1. The van der Waals surface area contributed by atoms with Crippen molar-refractivity contribution in [1.29, 1.82) is 0 Å². The standard InChI is InChI=1S/C14H16N2O3/c17-13-7-12-6-11(15-13)8-16(12)14(18)19-9-10-4-2-1-3-5-10/h1-5,11-12H,6-9H2,(H,15,17)/t11-,12+/m1/s1. The number of likely N-dealkylation sites (tertiary alicyclic amines) is 1. The molecule has 0 radical (unpaired) electrons. The fourth-order valence-corrected chi connectivity index (χ4v) is 2.74. The Balaban J connectivity index is 1.58. The summed E-state index contributed by atoms with van der Waals surface area (Å²) in [6.07, 6.45) is 0.899. The lowest BCUT2D eigenvalue weighted by Crippen LogP contribution is -2.40. The van der Waals surface area contributed by atoms with Gasteiger partial charge in [0.2, 0.25) is 5.91 Å². The number of rotatable bonds is 2. The normalized spacial score (nSPS) is 25.1. The van der Waals surface area contributed by atoms with E-state index in [4.69, 9.17) is 4.74 Å². The van der Waals surface area contributed by atoms with Gasteiger partial charge in [-0.05, 0) is 12.0 Å². The van der Waals surface area contributed by atoms with E-state index < -0.39 is 0 Å². The molecule has 0 spiro atoms. The second-order valence-electron chi connectivity index (χ2n) is 5.05. The molecule has 1 aromatic carbocycles. The predicted molar refractivity (Wildman–Crippen MR) is 68.3 cm³/mol. The van der Waals surface area contributed by atoms with E-state index in [1.54, 1.807) is 4.90 Å². The van der Waals surface area contributed by atoms with Gasteiger partial charge in [0.25, 0.3) is 0 Å². The lowest BCUT2D eigenvalue weighted by Gasteiger charge is -2.23. The number of nitrogens with zero attached hydrogens (tertiary/aromatic N) is 1. The summed E-state index contributed by atoms with van der Waals surface area (Å²) in [7, 11) is 0. The van der Waals surface area contributed by atoms with E-state index in [1.165, 1.54) is 0 Å². The Morgan fingerprint density at radius 2 is 2.16 bits per heavy atom. The van der Waals surface area contributed by atoms with Crippen LogP contribution in [-0.4, -0.2) is 35.5 Å². The number of hydrogen-bond acceptors (Lipinski definition) is 3. The van der Waals surface area contributed by atoms with Crippen LogP contribution in [0.4, 0.5) is 4.79 Å². The van der Waals surface area contributed by atoms with Crippen molar-refractivity contribution in [2.45, 2.75) is 31.5 Å². The number of benzene rings is 1. The zero-order chi connectivity index (χ0) is 13.2. The van der Waals surface area contributed by atoms with Crippen LogP contribution in [-0.2, 0) is 16.1 Å². The van der Waals surface area contributed by atoms with E-state index in [9.17, 15) is 9.59 Å². The highest BCUT2D eigenvalue weighted by atomic mass is 16.6. The molecule has 2 amide bonds. The van der Waals surface area contributed by atoms with Crippen molar-refractivity contribution in [3.63, 3.8) is 0 Å². The predicted octanol–water partition coefficient (Wildman–Crippen LogP) is 1.29. The maximum absolute atomic E-state index is 12.0. The van der Waals surface area contributed by atoms with Crippen molar-refractivity contribution >= 4 is 12.0 Å². The summed E-state index contributed by atoms with van der Waals surface area (Å²) in [5.74, 6) is 0.0274. The number of carbonyl (C=O) groups excluding carboxylic acids is 2. The molecule has 2 saturated heterocycles. The van der Waals surface area contributed by atoms with E-state index in [0.29, 0.717) is 13.0 Å². The summed E-state index contributed by atoms with van der Waals surface area (Å²) < 4.78 is 5.30. The van der Waals surface area contributed by atoms with Crippen LogP contribution in [0.2, 0.25) is 0 Å². The lowest BCUT2D eigenvalue weighted by atomic mass is 10.0. The second kappa shape index (κ2) is 4.91. The Hall–Kier alpha value is -2.04. The van der Waals surface area contributed by atoms with Crippen LogP contribution in [0.5, 0.6) is 0 Å². The molecule has 2 aliphatic heterocycles. The van der Waals surface area contributed by atoms with Gasteiger partial charge in [-0.25, -0.2) is 4.79 Å². The van der Waals surface area contributed by atoms with E-state index >= 15 is 0 Å². The minimum absolute atomic E-state index is 0.00187. The Labute approximate surface area is 111 Å². The summed E-state index contributed by atoms with van der Waals surface area (Å²) in [5.41, 5.74) is 0.965. The van der Waals surface area contributed by atoms with Gasteiger partial charge in [-0.1, -0.05) is 30.3 Å². The molecule has 3 rings (SSSR count). The number of carbonyl (C=O) groups is 2. The number of ether oxygens (including phenoxy) is 1. The molecule has 5 heteroatoms. The molecule has 2 fully saturated rings. The largest absolute Gasteiger partial charge is 0.445 e. The summed E-state index contributed by atoms with van der Waals surface area (Å²) in [4.78, 5) is 25.1. The molecular formula is C14H16N2O3. The quantitative estimate of drug-likeness (QED) is 0.871. The van der Waals surface area contributed by atoms with Crippen LogP contribution in [0, 0.1) is 0 Å². The van der Waals surface area contributed by atoms with Crippen LogP contribution < -0.4 is 5.32 Å². The molecule has 2 atom stereocenters. The van der Waals surface area contributed by atoms with Crippen LogP contribution in [0.3, 0.4) is 0 Å². The molecule has 5 nitrogen and oxygen atoms in total. The van der Waals surface area contributed by atoms with Crippen molar-refractivity contribution in [3.8, 4) is 0 Å². The third-order valence-electron chi connectivity index (χ3n) is 3.64. The van der Waals surface area contributed by atoms with E-state index in [2.05, 4.69) is 5.32 Å². The van der Waals surface area contributed by atoms with Gasteiger partial charge in [-0.15, -0.1) is 0 Å². The van der Waals surface area contributed by atoms with Crippen molar-refractivity contribution < 1.29 is 14.3 Å². The zero-order valence-corrected chi connectivity index (χ0v) is 10.5. The van der Waals surface area contributed by atoms with Crippen LogP contribution >= 0.6 is 0 Å². The van der Waals surface area contributed by atoms with Gasteiger partial charge in [-0.2, -0.15) is 0 Å². The van der Waals surface area contributed by atoms with Gasteiger partial charge < -0.3 is 15.0 Å². The Morgan fingerprint density at radius 1 is 1.37 bits per heavy atom. The molecule has 2 heterocycles. The maximum Gasteiger partial charge on any atom is 0.410 e. The second-order valence-corrected chi connectivity index (χ2v) is 5.05. The van der Waals surface area contributed by atoms with E-state index in [1.807, 2.05) is 30.3 Å². The Kier molecular flexibility index (Phi) is 3.11. The third-order valence-corrected chi connectivity index (χ3v) is 3.64. The summed E-state index contributed by atoms with van der Waals surface area (Å²) in [6, 6.07) is 9.68.